The molecular formula is C25H24F4N8O2. The summed E-state index contributed by atoms with van der Waals surface area (Å²) in [5.41, 5.74) is -0.620. The molecule has 0 fully saturated rings. The van der Waals surface area contributed by atoms with Gasteiger partial charge in [0.1, 0.15) is 12.1 Å². The van der Waals surface area contributed by atoms with Crippen LogP contribution in [0.25, 0.3) is 5.69 Å². The van der Waals surface area contributed by atoms with Gasteiger partial charge in [-0.3, -0.25) is 14.8 Å². The van der Waals surface area contributed by atoms with Crippen LogP contribution in [0.2, 0.25) is 0 Å². The van der Waals surface area contributed by atoms with E-state index in [1.54, 1.807) is 31.3 Å². The second-order valence-electron chi connectivity index (χ2n) is 9.23. The van der Waals surface area contributed by atoms with Crippen molar-refractivity contribution in [1.29, 1.82) is 0 Å². The molecule has 0 aromatic carbocycles. The molecule has 0 aliphatic heterocycles. The first-order valence-electron chi connectivity index (χ1n) is 11.8. The maximum absolute atomic E-state index is 13.5. The first kappa shape index (κ1) is 27.5. The van der Waals surface area contributed by atoms with Gasteiger partial charge in [-0.25, -0.2) is 14.1 Å². The number of nitrogens with zero attached hydrogens (tertiary/aromatic N) is 7. The molecule has 2 unspecified atom stereocenters. The Kier molecular flexibility index (Phi) is 7.83. The van der Waals surface area contributed by atoms with Gasteiger partial charge in [-0.15, -0.1) is 5.10 Å². The SMILES string of the molecule is CC(NC(=O)C(C)(C)Oc1ccc(C(F)(F)F)cn1)C(Cc1ccc(F)cn1)c1cc(-n2cnnn2)ccn1. The fraction of sp³-hybridized carbons (Fsp3) is 0.320. The Labute approximate surface area is 220 Å². The molecule has 4 heterocycles. The predicted octanol–water partition coefficient (Wildman–Crippen LogP) is 3.69. The highest BCUT2D eigenvalue weighted by molar-refractivity contribution is 5.85. The lowest BCUT2D eigenvalue weighted by molar-refractivity contribution is -0.138. The molecule has 204 valence electrons. The van der Waals surface area contributed by atoms with Gasteiger partial charge in [-0.05, 0) is 68.0 Å². The molecule has 0 radical (unpaired) electrons. The van der Waals surface area contributed by atoms with Gasteiger partial charge in [-0.1, -0.05) is 0 Å². The van der Waals surface area contributed by atoms with Gasteiger partial charge >= 0.3 is 6.18 Å². The topological polar surface area (TPSA) is 121 Å². The van der Waals surface area contributed by atoms with Crippen molar-refractivity contribution in [3.05, 3.63) is 84.1 Å². The Morgan fingerprint density at radius 1 is 1.08 bits per heavy atom. The molecular weight excluding hydrogens is 520 g/mol. The lowest BCUT2D eigenvalue weighted by Gasteiger charge is -2.30. The van der Waals surface area contributed by atoms with Crippen LogP contribution in [0.4, 0.5) is 17.6 Å². The number of rotatable bonds is 9. The lowest BCUT2D eigenvalue weighted by Crippen LogP contribution is -2.51. The Morgan fingerprint density at radius 2 is 1.87 bits per heavy atom. The van der Waals surface area contributed by atoms with Crippen molar-refractivity contribution < 1.29 is 27.1 Å². The van der Waals surface area contributed by atoms with E-state index in [2.05, 4.69) is 35.8 Å². The van der Waals surface area contributed by atoms with Gasteiger partial charge in [0.2, 0.25) is 5.88 Å². The Hall–Kier alpha value is -4.49. The summed E-state index contributed by atoms with van der Waals surface area (Å²) in [7, 11) is 0. The fourth-order valence-corrected chi connectivity index (χ4v) is 3.75. The summed E-state index contributed by atoms with van der Waals surface area (Å²) in [4.78, 5) is 25.5. The van der Waals surface area contributed by atoms with E-state index in [0.29, 0.717) is 29.7 Å². The normalized spacial score (nSPS) is 13.5. The molecule has 1 N–H and O–H groups in total. The lowest BCUT2D eigenvalue weighted by atomic mass is 9.90. The zero-order chi connectivity index (χ0) is 28.2. The minimum Gasteiger partial charge on any atom is -0.462 e. The number of tetrazole rings is 1. The molecule has 2 atom stereocenters. The third-order valence-corrected chi connectivity index (χ3v) is 5.91. The molecule has 0 bridgehead atoms. The number of hydrogen-bond donors (Lipinski definition) is 1. The molecule has 0 aliphatic rings. The largest absolute Gasteiger partial charge is 0.462 e. The van der Waals surface area contributed by atoms with Gasteiger partial charge in [0.25, 0.3) is 5.91 Å². The van der Waals surface area contributed by atoms with Crippen molar-refractivity contribution in [2.75, 3.05) is 0 Å². The average molecular weight is 545 g/mol. The number of carbonyl (C=O) groups is 1. The summed E-state index contributed by atoms with van der Waals surface area (Å²) in [6.07, 6.45) is 0.508. The van der Waals surface area contributed by atoms with Crippen molar-refractivity contribution >= 4 is 5.91 Å². The van der Waals surface area contributed by atoms with E-state index in [-0.39, 0.29) is 5.88 Å². The van der Waals surface area contributed by atoms with Crippen LogP contribution in [0.15, 0.2) is 61.3 Å². The Bertz CT molecular complexity index is 1400. The summed E-state index contributed by atoms with van der Waals surface area (Å²) >= 11 is 0. The summed E-state index contributed by atoms with van der Waals surface area (Å²) in [6.45, 7) is 4.72. The van der Waals surface area contributed by atoms with Gasteiger partial charge < -0.3 is 10.1 Å². The van der Waals surface area contributed by atoms with Crippen molar-refractivity contribution in [1.82, 2.24) is 40.5 Å². The first-order chi connectivity index (χ1) is 18.4. The van der Waals surface area contributed by atoms with E-state index in [0.717, 1.165) is 18.3 Å². The first-order valence-corrected chi connectivity index (χ1v) is 11.8. The van der Waals surface area contributed by atoms with E-state index in [9.17, 15) is 22.4 Å². The molecule has 4 aromatic heterocycles. The number of alkyl halides is 3. The second kappa shape index (κ2) is 11.1. The molecule has 10 nitrogen and oxygen atoms in total. The molecule has 0 saturated carbocycles. The third kappa shape index (κ3) is 6.89. The minimum absolute atomic E-state index is 0.140. The van der Waals surface area contributed by atoms with Gasteiger partial charge in [0.15, 0.2) is 5.60 Å². The minimum atomic E-state index is -4.54. The van der Waals surface area contributed by atoms with Crippen LogP contribution >= 0.6 is 0 Å². The van der Waals surface area contributed by atoms with Gasteiger partial charge in [-0.2, -0.15) is 13.2 Å². The number of pyridine rings is 3. The van der Waals surface area contributed by atoms with Crippen LogP contribution in [0.1, 0.15) is 43.6 Å². The number of halogens is 4. The summed E-state index contributed by atoms with van der Waals surface area (Å²) < 4.78 is 59.1. The zero-order valence-corrected chi connectivity index (χ0v) is 21.1. The van der Waals surface area contributed by atoms with Crippen molar-refractivity contribution in [2.45, 2.75) is 50.9 Å². The zero-order valence-electron chi connectivity index (χ0n) is 21.1. The molecule has 4 rings (SSSR count). The van der Waals surface area contributed by atoms with Gasteiger partial charge in [0.05, 0.1) is 17.4 Å². The van der Waals surface area contributed by atoms with E-state index < -0.39 is 41.0 Å². The summed E-state index contributed by atoms with van der Waals surface area (Å²) in [5.74, 6) is -1.58. The average Bonchev–Trinajstić information content (AvgIpc) is 3.43. The molecule has 0 spiro atoms. The number of amides is 1. The van der Waals surface area contributed by atoms with Crippen molar-refractivity contribution in [3.63, 3.8) is 0 Å². The second-order valence-corrected chi connectivity index (χ2v) is 9.23. The number of ether oxygens (including phenoxy) is 1. The highest BCUT2D eigenvalue weighted by Gasteiger charge is 2.35. The summed E-state index contributed by atoms with van der Waals surface area (Å²) in [5, 5.41) is 14.1. The van der Waals surface area contributed by atoms with E-state index in [1.165, 1.54) is 30.9 Å². The maximum atomic E-state index is 13.5. The smallest absolute Gasteiger partial charge is 0.417 e. The molecule has 14 heteroatoms. The highest BCUT2D eigenvalue weighted by atomic mass is 19.4. The molecule has 39 heavy (non-hydrogen) atoms. The van der Waals surface area contributed by atoms with Crippen LogP contribution in [-0.2, 0) is 17.4 Å². The maximum Gasteiger partial charge on any atom is 0.417 e. The number of carbonyl (C=O) groups excluding carboxylic acids is 1. The fourth-order valence-electron chi connectivity index (χ4n) is 3.75. The van der Waals surface area contributed by atoms with Crippen LogP contribution in [0.5, 0.6) is 5.88 Å². The van der Waals surface area contributed by atoms with Crippen LogP contribution in [0, 0.1) is 5.82 Å². The predicted molar refractivity (Wildman–Crippen MR) is 129 cm³/mol. The highest BCUT2D eigenvalue weighted by Crippen LogP contribution is 2.30. The van der Waals surface area contributed by atoms with Crippen LogP contribution in [-0.4, -0.2) is 52.7 Å². The van der Waals surface area contributed by atoms with Crippen LogP contribution in [0.3, 0.4) is 0 Å². The van der Waals surface area contributed by atoms with E-state index in [1.807, 2.05) is 0 Å². The molecule has 4 aromatic rings. The Morgan fingerprint density at radius 3 is 2.49 bits per heavy atom. The van der Waals surface area contributed by atoms with Crippen molar-refractivity contribution in [2.24, 2.45) is 0 Å². The number of hydrogen-bond acceptors (Lipinski definition) is 8. The van der Waals surface area contributed by atoms with E-state index in [4.69, 9.17) is 4.74 Å². The van der Waals surface area contributed by atoms with Crippen LogP contribution < -0.4 is 10.1 Å². The third-order valence-electron chi connectivity index (χ3n) is 5.91. The molecule has 0 saturated heterocycles. The van der Waals surface area contributed by atoms with E-state index >= 15 is 0 Å². The molecule has 0 aliphatic carbocycles. The number of aromatic nitrogens is 7. The number of nitrogens with one attached hydrogen (secondary N) is 1. The summed E-state index contributed by atoms with van der Waals surface area (Å²) in [6, 6.07) is 7.66. The Balaban J connectivity index is 1.55. The van der Waals surface area contributed by atoms with Crippen molar-refractivity contribution in [3.8, 4) is 11.6 Å². The standard InChI is InChI=1S/C25H24F4N8O2/c1-15(34-23(38)24(2,3)39-22-7-4-16(12-32-22)25(27,28)29)20(10-18-6-5-17(26)13-31-18)21-11-19(8-9-30-21)37-14-33-35-36-37/h4-9,11-15,20H,10H2,1-3H3,(H,34,38). The quantitative estimate of drug-likeness (QED) is 0.317. The monoisotopic (exact) mass is 544 g/mol. The van der Waals surface area contributed by atoms with Gasteiger partial charge in [0, 0.05) is 41.8 Å². The molecule has 1 amide bonds.